The van der Waals surface area contributed by atoms with E-state index < -0.39 is 12.0 Å². The van der Waals surface area contributed by atoms with Gasteiger partial charge in [-0.25, -0.2) is 9.59 Å². The Bertz CT molecular complexity index is 388. The maximum Gasteiger partial charge on any atom is 0.326 e. The highest BCUT2D eigenvalue weighted by molar-refractivity contribution is 5.83. The van der Waals surface area contributed by atoms with Crippen molar-refractivity contribution in [2.45, 2.75) is 38.8 Å². The Balaban J connectivity index is 1.96. The molecule has 2 saturated heterocycles. The van der Waals surface area contributed by atoms with Gasteiger partial charge < -0.3 is 20.2 Å². The number of aliphatic carboxylic acids is 1. The quantitative estimate of drug-likeness (QED) is 0.787. The van der Waals surface area contributed by atoms with Crippen LogP contribution in [0.3, 0.4) is 0 Å². The Kier molecular flexibility index (Phi) is 4.52. The molecule has 6 nitrogen and oxygen atoms in total. The van der Waals surface area contributed by atoms with Crippen LogP contribution >= 0.6 is 0 Å². The third-order valence-corrected chi connectivity index (χ3v) is 4.63. The minimum Gasteiger partial charge on any atom is -0.480 e. The summed E-state index contributed by atoms with van der Waals surface area (Å²) >= 11 is 0. The summed E-state index contributed by atoms with van der Waals surface area (Å²) in [4.78, 5) is 27.4. The van der Waals surface area contributed by atoms with Gasteiger partial charge in [-0.05, 0) is 38.3 Å². The molecule has 2 N–H and O–H groups in total. The third kappa shape index (κ3) is 3.06. The number of hydrogen-bond donors (Lipinski definition) is 2. The highest BCUT2D eigenvalue weighted by Gasteiger charge is 2.40. The maximum atomic E-state index is 12.3. The number of nitrogens with one attached hydrogen (secondary N) is 1. The van der Waals surface area contributed by atoms with E-state index in [9.17, 15) is 14.7 Å². The van der Waals surface area contributed by atoms with Crippen LogP contribution in [0.25, 0.3) is 0 Å². The number of hydrogen-bond acceptors (Lipinski definition) is 3. The maximum absolute atomic E-state index is 12.3. The average molecular weight is 283 g/mol. The number of carboxylic acid groups (broad SMARTS) is 1. The first-order chi connectivity index (χ1) is 9.40. The number of piperidine rings is 1. The highest BCUT2D eigenvalue weighted by atomic mass is 16.4. The van der Waals surface area contributed by atoms with E-state index in [1.807, 2.05) is 6.92 Å². The number of carboxylic acids is 1. The molecular formula is C14H25N3O3. The van der Waals surface area contributed by atoms with Crippen molar-refractivity contribution in [2.75, 3.05) is 26.7 Å². The van der Waals surface area contributed by atoms with Crippen molar-refractivity contribution in [3.8, 4) is 0 Å². The molecule has 114 valence electrons. The lowest BCUT2D eigenvalue weighted by Crippen LogP contribution is -2.54. The summed E-state index contributed by atoms with van der Waals surface area (Å²) < 4.78 is 0. The van der Waals surface area contributed by atoms with Crippen molar-refractivity contribution < 1.29 is 14.7 Å². The number of carbonyl (C=O) groups excluding carboxylic acids is 1. The summed E-state index contributed by atoms with van der Waals surface area (Å²) in [6.45, 7) is 6.48. The molecule has 0 aromatic rings. The third-order valence-electron chi connectivity index (χ3n) is 4.63. The second-order valence-corrected chi connectivity index (χ2v) is 6.33. The SMILES string of the molecule is CC1CN(C)CCC1NC(=O)N1CCC(C)C1C(=O)O. The number of urea groups is 1. The van der Waals surface area contributed by atoms with Crippen LogP contribution in [0.1, 0.15) is 26.7 Å². The molecule has 2 heterocycles. The van der Waals surface area contributed by atoms with E-state index in [2.05, 4.69) is 24.2 Å². The van der Waals surface area contributed by atoms with Gasteiger partial charge in [0.2, 0.25) is 0 Å². The first-order valence-corrected chi connectivity index (χ1v) is 7.38. The Morgan fingerprint density at radius 1 is 1.15 bits per heavy atom. The van der Waals surface area contributed by atoms with E-state index >= 15 is 0 Å². The molecule has 0 radical (unpaired) electrons. The van der Waals surface area contributed by atoms with Crippen LogP contribution in [-0.4, -0.2) is 65.7 Å². The first kappa shape index (κ1) is 15.1. The molecule has 0 aromatic heterocycles. The summed E-state index contributed by atoms with van der Waals surface area (Å²) in [5.74, 6) is -0.490. The predicted molar refractivity (Wildman–Crippen MR) is 75.5 cm³/mol. The Labute approximate surface area is 120 Å². The van der Waals surface area contributed by atoms with Crippen molar-refractivity contribution >= 4 is 12.0 Å². The van der Waals surface area contributed by atoms with Crippen LogP contribution in [-0.2, 0) is 4.79 Å². The van der Waals surface area contributed by atoms with Gasteiger partial charge in [0.15, 0.2) is 0 Å². The Hall–Kier alpha value is -1.30. The molecule has 2 aliphatic heterocycles. The molecule has 20 heavy (non-hydrogen) atoms. The van der Waals surface area contributed by atoms with Gasteiger partial charge in [0, 0.05) is 19.1 Å². The van der Waals surface area contributed by atoms with Crippen molar-refractivity contribution in [2.24, 2.45) is 11.8 Å². The fraction of sp³-hybridized carbons (Fsp3) is 0.857. The first-order valence-electron chi connectivity index (χ1n) is 7.38. The minimum absolute atomic E-state index is 0.0214. The molecule has 0 bridgehead atoms. The highest BCUT2D eigenvalue weighted by Crippen LogP contribution is 2.25. The molecular weight excluding hydrogens is 258 g/mol. The fourth-order valence-corrected chi connectivity index (χ4v) is 3.36. The van der Waals surface area contributed by atoms with Crippen molar-refractivity contribution in [3.05, 3.63) is 0 Å². The average Bonchev–Trinajstić information content (AvgIpc) is 2.74. The molecule has 2 aliphatic rings. The second-order valence-electron chi connectivity index (χ2n) is 6.33. The van der Waals surface area contributed by atoms with E-state index in [0.717, 1.165) is 25.9 Å². The van der Waals surface area contributed by atoms with E-state index in [1.54, 1.807) is 0 Å². The summed E-state index contributed by atoms with van der Waals surface area (Å²) in [5, 5.41) is 12.3. The zero-order valence-electron chi connectivity index (χ0n) is 12.5. The molecule has 4 atom stereocenters. The van der Waals surface area contributed by atoms with Crippen LogP contribution in [0.2, 0.25) is 0 Å². The van der Waals surface area contributed by atoms with Crippen molar-refractivity contribution in [3.63, 3.8) is 0 Å². The van der Waals surface area contributed by atoms with Crippen molar-refractivity contribution in [1.29, 1.82) is 0 Å². The van der Waals surface area contributed by atoms with E-state index in [1.165, 1.54) is 4.90 Å². The molecule has 6 heteroatoms. The molecule has 2 rings (SSSR count). The van der Waals surface area contributed by atoms with Gasteiger partial charge in [0.1, 0.15) is 6.04 Å². The molecule has 2 fully saturated rings. The number of likely N-dealkylation sites (tertiary alicyclic amines) is 2. The smallest absolute Gasteiger partial charge is 0.326 e. The summed E-state index contributed by atoms with van der Waals surface area (Å²) in [5.41, 5.74) is 0. The molecule has 2 amide bonds. The Morgan fingerprint density at radius 2 is 1.85 bits per heavy atom. The van der Waals surface area contributed by atoms with Crippen molar-refractivity contribution in [1.82, 2.24) is 15.1 Å². The van der Waals surface area contributed by atoms with Crippen LogP contribution in [0.4, 0.5) is 4.79 Å². The number of nitrogens with zero attached hydrogens (tertiary/aromatic N) is 2. The van der Waals surface area contributed by atoms with Gasteiger partial charge in [0.05, 0.1) is 0 Å². The lowest BCUT2D eigenvalue weighted by atomic mass is 9.94. The molecule has 0 aromatic carbocycles. The lowest BCUT2D eigenvalue weighted by Gasteiger charge is -2.36. The summed E-state index contributed by atoms with van der Waals surface area (Å²) in [6, 6.07) is -0.760. The summed E-state index contributed by atoms with van der Waals surface area (Å²) in [6.07, 6.45) is 1.68. The molecule has 0 saturated carbocycles. The van der Waals surface area contributed by atoms with Crippen LogP contribution < -0.4 is 5.32 Å². The van der Waals surface area contributed by atoms with Crippen LogP contribution in [0.5, 0.6) is 0 Å². The lowest BCUT2D eigenvalue weighted by molar-refractivity contribution is -0.142. The zero-order chi connectivity index (χ0) is 14.9. The largest absolute Gasteiger partial charge is 0.480 e. The minimum atomic E-state index is -0.901. The van der Waals surface area contributed by atoms with Crippen LogP contribution in [0.15, 0.2) is 0 Å². The number of carbonyl (C=O) groups is 2. The Morgan fingerprint density at radius 3 is 2.45 bits per heavy atom. The normalized spacial score (nSPS) is 35.0. The number of amides is 2. The van der Waals surface area contributed by atoms with Crippen LogP contribution in [0, 0.1) is 11.8 Å². The monoisotopic (exact) mass is 283 g/mol. The standard InChI is InChI=1S/C14H25N3O3/c1-9-4-7-17(12(9)13(18)19)14(20)15-11-5-6-16(3)8-10(11)2/h9-12H,4-8H2,1-3H3,(H,15,20)(H,18,19). The van der Waals surface area contributed by atoms with E-state index in [0.29, 0.717) is 12.5 Å². The zero-order valence-corrected chi connectivity index (χ0v) is 12.5. The molecule has 4 unspecified atom stereocenters. The fourth-order valence-electron chi connectivity index (χ4n) is 3.36. The molecule has 0 spiro atoms. The van der Waals surface area contributed by atoms with Gasteiger partial charge in [-0.1, -0.05) is 13.8 Å². The van der Waals surface area contributed by atoms with Gasteiger partial charge in [0.25, 0.3) is 0 Å². The van der Waals surface area contributed by atoms with E-state index in [4.69, 9.17) is 0 Å². The van der Waals surface area contributed by atoms with E-state index in [-0.39, 0.29) is 18.0 Å². The van der Waals surface area contributed by atoms with Gasteiger partial charge in [-0.3, -0.25) is 0 Å². The summed E-state index contributed by atoms with van der Waals surface area (Å²) in [7, 11) is 2.08. The second kappa shape index (κ2) is 5.99. The predicted octanol–water partition coefficient (Wildman–Crippen LogP) is 0.831. The molecule has 0 aliphatic carbocycles. The topological polar surface area (TPSA) is 72.9 Å². The van der Waals surface area contributed by atoms with Gasteiger partial charge in [-0.2, -0.15) is 0 Å². The van der Waals surface area contributed by atoms with Gasteiger partial charge >= 0.3 is 12.0 Å². The number of rotatable bonds is 2. The van der Waals surface area contributed by atoms with Gasteiger partial charge in [-0.15, -0.1) is 0 Å².